The summed E-state index contributed by atoms with van der Waals surface area (Å²) in [6.45, 7) is 2.42. The SMILES string of the molecule is Cc1cccc(NC(=O)CCc2cccc3c2B(O)OC3)c1. The van der Waals surface area contributed by atoms with Crippen molar-refractivity contribution in [2.45, 2.75) is 26.4 Å². The van der Waals surface area contributed by atoms with Crippen LogP contribution in [0.3, 0.4) is 0 Å². The van der Waals surface area contributed by atoms with E-state index in [4.69, 9.17) is 4.65 Å². The van der Waals surface area contributed by atoms with E-state index in [-0.39, 0.29) is 5.91 Å². The quantitative estimate of drug-likeness (QED) is 0.845. The monoisotopic (exact) mass is 295 g/mol. The Morgan fingerprint density at radius 3 is 2.95 bits per heavy atom. The summed E-state index contributed by atoms with van der Waals surface area (Å²) in [6.07, 6.45) is 0.957. The van der Waals surface area contributed by atoms with Crippen molar-refractivity contribution < 1.29 is 14.5 Å². The van der Waals surface area contributed by atoms with Crippen LogP contribution < -0.4 is 10.8 Å². The van der Waals surface area contributed by atoms with E-state index in [1.807, 2.05) is 49.4 Å². The molecule has 22 heavy (non-hydrogen) atoms. The van der Waals surface area contributed by atoms with Gasteiger partial charge in [0.05, 0.1) is 6.61 Å². The fraction of sp³-hybridized carbons (Fsp3) is 0.235. The zero-order chi connectivity index (χ0) is 15.5. The Kier molecular flexibility index (Phi) is 4.27. The van der Waals surface area contributed by atoms with Gasteiger partial charge in [0.15, 0.2) is 0 Å². The minimum Gasteiger partial charge on any atom is -0.423 e. The third kappa shape index (κ3) is 3.21. The number of hydrogen-bond donors (Lipinski definition) is 2. The van der Waals surface area contributed by atoms with Gasteiger partial charge in [-0.15, -0.1) is 0 Å². The average Bonchev–Trinajstić information content (AvgIpc) is 2.87. The Balaban J connectivity index is 1.64. The van der Waals surface area contributed by atoms with Gasteiger partial charge >= 0.3 is 7.12 Å². The van der Waals surface area contributed by atoms with E-state index in [1.54, 1.807) is 0 Å². The van der Waals surface area contributed by atoms with E-state index < -0.39 is 7.12 Å². The van der Waals surface area contributed by atoms with Crippen molar-refractivity contribution >= 4 is 24.2 Å². The van der Waals surface area contributed by atoms with Crippen LogP contribution in [0.1, 0.15) is 23.1 Å². The molecule has 0 aromatic heterocycles. The van der Waals surface area contributed by atoms with Gasteiger partial charge in [-0.1, -0.05) is 30.3 Å². The second-order valence-corrected chi connectivity index (χ2v) is 5.57. The van der Waals surface area contributed by atoms with Gasteiger partial charge in [0.1, 0.15) is 0 Å². The molecule has 0 unspecified atom stereocenters. The molecule has 0 aliphatic carbocycles. The van der Waals surface area contributed by atoms with Gasteiger partial charge in [-0.2, -0.15) is 0 Å². The van der Waals surface area contributed by atoms with Gasteiger partial charge in [0.2, 0.25) is 5.91 Å². The van der Waals surface area contributed by atoms with Crippen molar-refractivity contribution in [1.82, 2.24) is 0 Å². The Labute approximate surface area is 130 Å². The fourth-order valence-electron chi connectivity index (χ4n) is 2.77. The van der Waals surface area contributed by atoms with Crippen molar-refractivity contribution in [3.8, 4) is 0 Å². The lowest BCUT2D eigenvalue weighted by Gasteiger charge is -2.09. The molecule has 1 aliphatic rings. The topological polar surface area (TPSA) is 58.6 Å². The summed E-state index contributed by atoms with van der Waals surface area (Å²) >= 11 is 0. The summed E-state index contributed by atoms with van der Waals surface area (Å²) in [5.41, 5.74) is 4.72. The van der Waals surface area contributed by atoms with E-state index in [9.17, 15) is 9.82 Å². The molecule has 112 valence electrons. The second-order valence-electron chi connectivity index (χ2n) is 5.57. The lowest BCUT2D eigenvalue weighted by molar-refractivity contribution is -0.116. The molecule has 1 amide bonds. The molecule has 3 rings (SSSR count). The molecule has 4 nitrogen and oxygen atoms in total. The number of anilines is 1. The summed E-state index contributed by atoms with van der Waals surface area (Å²) in [5.74, 6) is -0.0309. The van der Waals surface area contributed by atoms with Crippen LogP contribution in [0, 0.1) is 6.92 Å². The maximum Gasteiger partial charge on any atom is 0.492 e. The molecule has 2 aromatic rings. The van der Waals surface area contributed by atoms with Crippen molar-refractivity contribution in [1.29, 1.82) is 0 Å². The standard InChI is InChI=1S/C17H18BNO3/c1-12-4-2-7-15(10-12)19-16(20)9-8-13-5-3-6-14-11-22-18(21)17(13)14/h2-7,10,21H,8-9,11H2,1H3,(H,19,20). The number of nitrogens with one attached hydrogen (secondary N) is 1. The molecule has 2 aromatic carbocycles. The van der Waals surface area contributed by atoms with Gasteiger partial charge in [0.25, 0.3) is 0 Å². The van der Waals surface area contributed by atoms with E-state index in [0.717, 1.165) is 27.8 Å². The van der Waals surface area contributed by atoms with Gasteiger partial charge in [-0.05, 0) is 47.6 Å². The number of amides is 1. The van der Waals surface area contributed by atoms with Crippen molar-refractivity contribution in [3.63, 3.8) is 0 Å². The molecule has 1 heterocycles. The van der Waals surface area contributed by atoms with Crippen LogP contribution >= 0.6 is 0 Å². The average molecular weight is 295 g/mol. The molecule has 0 atom stereocenters. The Hall–Kier alpha value is -2.11. The normalized spacial score (nSPS) is 13.1. The van der Waals surface area contributed by atoms with Crippen molar-refractivity contribution in [2.24, 2.45) is 0 Å². The molecular weight excluding hydrogens is 277 g/mol. The maximum absolute atomic E-state index is 12.1. The Morgan fingerprint density at radius 1 is 1.32 bits per heavy atom. The predicted octanol–water partition coefficient (Wildman–Crippen LogP) is 1.78. The minimum atomic E-state index is -0.869. The van der Waals surface area contributed by atoms with Crippen LogP contribution in [0.4, 0.5) is 5.69 Å². The van der Waals surface area contributed by atoms with Crippen LogP contribution in [0.15, 0.2) is 42.5 Å². The van der Waals surface area contributed by atoms with Crippen LogP contribution in [0.2, 0.25) is 0 Å². The van der Waals surface area contributed by atoms with E-state index in [1.165, 1.54) is 0 Å². The summed E-state index contributed by atoms with van der Waals surface area (Å²) in [6, 6.07) is 13.6. The maximum atomic E-state index is 12.1. The number of carbonyl (C=O) groups is 1. The highest BCUT2D eigenvalue weighted by molar-refractivity contribution is 6.62. The molecule has 0 radical (unpaired) electrons. The molecule has 0 saturated carbocycles. The summed E-state index contributed by atoms with van der Waals surface area (Å²) in [4.78, 5) is 12.1. The number of carbonyl (C=O) groups excluding carboxylic acids is 1. The first-order valence-corrected chi connectivity index (χ1v) is 7.40. The first-order valence-electron chi connectivity index (χ1n) is 7.40. The number of hydrogen-bond acceptors (Lipinski definition) is 3. The van der Waals surface area contributed by atoms with Crippen LogP contribution in [-0.2, 0) is 22.5 Å². The highest BCUT2D eigenvalue weighted by atomic mass is 16.5. The molecule has 0 saturated heterocycles. The van der Waals surface area contributed by atoms with Crippen LogP contribution in [0.25, 0.3) is 0 Å². The highest BCUT2D eigenvalue weighted by Gasteiger charge is 2.29. The molecule has 0 bridgehead atoms. The lowest BCUT2D eigenvalue weighted by atomic mass is 9.75. The molecular formula is C17H18BNO3. The van der Waals surface area contributed by atoms with Crippen molar-refractivity contribution in [3.05, 3.63) is 59.2 Å². The first kappa shape index (κ1) is 14.8. The number of fused-ring (bicyclic) bond motifs is 1. The Bertz CT molecular complexity index is 702. The van der Waals surface area contributed by atoms with Crippen molar-refractivity contribution in [2.75, 3.05) is 5.32 Å². The smallest absolute Gasteiger partial charge is 0.423 e. The summed E-state index contributed by atoms with van der Waals surface area (Å²) in [7, 11) is -0.869. The molecule has 5 heteroatoms. The van der Waals surface area contributed by atoms with Gasteiger partial charge < -0.3 is 15.0 Å². The van der Waals surface area contributed by atoms with E-state index in [0.29, 0.717) is 19.4 Å². The zero-order valence-corrected chi connectivity index (χ0v) is 12.5. The zero-order valence-electron chi connectivity index (χ0n) is 12.5. The van der Waals surface area contributed by atoms with E-state index in [2.05, 4.69) is 5.32 Å². The Morgan fingerprint density at radius 2 is 2.14 bits per heavy atom. The van der Waals surface area contributed by atoms with Gasteiger partial charge in [0, 0.05) is 12.1 Å². The highest BCUT2D eigenvalue weighted by Crippen LogP contribution is 2.15. The minimum absolute atomic E-state index is 0.0309. The molecule has 0 spiro atoms. The molecule has 2 N–H and O–H groups in total. The van der Waals surface area contributed by atoms with Gasteiger partial charge in [-0.25, -0.2) is 0 Å². The second kappa shape index (κ2) is 6.34. The van der Waals surface area contributed by atoms with Gasteiger partial charge in [-0.3, -0.25) is 4.79 Å². The predicted molar refractivity (Wildman–Crippen MR) is 87.0 cm³/mol. The molecule has 0 fully saturated rings. The van der Waals surface area contributed by atoms with Crippen LogP contribution in [0.5, 0.6) is 0 Å². The first-order chi connectivity index (χ1) is 10.6. The number of rotatable bonds is 4. The van der Waals surface area contributed by atoms with E-state index >= 15 is 0 Å². The number of aryl methyl sites for hydroxylation is 2. The van der Waals surface area contributed by atoms with Crippen LogP contribution in [-0.4, -0.2) is 18.0 Å². The molecule has 1 aliphatic heterocycles. The number of benzene rings is 2. The third-order valence-corrected chi connectivity index (χ3v) is 3.85. The summed E-state index contributed by atoms with van der Waals surface area (Å²) in [5, 5.41) is 12.8. The summed E-state index contributed by atoms with van der Waals surface area (Å²) < 4.78 is 5.23. The third-order valence-electron chi connectivity index (χ3n) is 3.85. The lowest BCUT2D eigenvalue weighted by Crippen LogP contribution is -2.31. The fourth-order valence-corrected chi connectivity index (χ4v) is 2.77. The largest absolute Gasteiger partial charge is 0.492 e.